The van der Waals surface area contributed by atoms with E-state index in [9.17, 15) is 0 Å². The Hall–Kier alpha value is -1.36. The van der Waals surface area contributed by atoms with Gasteiger partial charge in [-0.1, -0.05) is 0 Å². The third kappa shape index (κ3) is 2.41. The molecule has 1 saturated carbocycles. The Labute approximate surface area is 96.1 Å². The molecule has 5 heteroatoms. The first-order valence-corrected chi connectivity index (χ1v) is 5.60. The number of nitrogens with two attached hydrogens (primary N) is 1. The van der Waals surface area contributed by atoms with Crippen LogP contribution in [-0.4, -0.2) is 37.2 Å². The molecule has 1 aliphatic carbocycles. The SMILES string of the molecule is CN(C)c1nccc(NCC2(CN)CC2)n1. The van der Waals surface area contributed by atoms with Crippen LogP contribution in [-0.2, 0) is 0 Å². The number of rotatable bonds is 5. The van der Waals surface area contributed by atoms with Gasteiger partial charge in [0.05, 0.1) is 0 Å². The number of aromatic nitrogens is 2. The molecule has 0 saturated heterocycles. The maximum atomic E-state index is 5.73. The third-order valence-electron chi connectivity index (χ3n) is 3.08. The Morgan fingerprint density at radius 3 is 2.81 bits per heavy atom. The second-order valence-corrected chi connectivity index (χ2v) is 4.69. The fourth-order valence-corrected chi connectivity index (χ4v) is 1.57. The topological polar surface area (TPSA) is 67.1 Å². The minimum atomic E-state index is 0.323. The molecule has 0 spiro atoms. The van der Waals surface area contributed by atoms with E-state index in [2.05, 4.69) is 15.3 Å². The van der Waals surface area contributed by atoms with Crippen LogP contribution < -0.4 is 16.0 Å². The van der Waals surface area contributed by atoms with Crippen LogP contribution in [0.1, 0.15) is 12.8 Å². The van der Waals surface area contributed by atoms with Crippen molar-refractivity contribution in [3.05, 3.63) is 12.3 Å². The largest absolute Gasteiger partial charge is 0.369 e. The molecule has 0 radical (unpaired) electrons. The highest BCUT2D eigenvalue weighted by molar-refractivity contribution is 5.40. The molecule has 1 heterocycles. The zero-order valence-electron chi connectivity index (χ0n) is 9.90. The first kappa shape index (κ1) is 11.1. The standard InChI is InChI=1S/C11H19N5/c1-16(2)10-13-6-3-9(15-10)14-8-11(7-12)4-5-11/h3,6H,4-5,7-8,12H2,1-2H3,(H,13,14,15). The average molecular weight is 221 g/mol. The fraction of sp³-hybridized carbons (Fsp3) is 0.636. The minimum Gasteiger partial charge on any atom is -0.369 e. The van der Waals surface area contributed by atoms with Crippen molar-refractivity contribution < 1.29 is 0 Å². The predicted octanol–water partition coefficient (Wildman–Crippen LogP) is 0.693. The van der Waals surface area contributed by atoms with E-state index in [0.717, 1.165) is 24.9 Å². The summed E-state index contributed by atoms with van der Waals surface area (Å²) >= 11 is 0. The lowest BCUT2D eigenvalue weighted by Gasteiger charge is -2.15. The lowest BCUT2D eigenvalue weighted by atomic mass is 10.1. The highest BCUT2D eigenvalue weighted by Crippen LogP contribution is 2.44. The van der Waals surface area contributed by atoms with E-state index in [-0.39, 0.29) is 0 Å². The number of anilines is 2. The molecule has 5 nitrogen and oxygen atoms in total. The van der Waals surface area contributed by atoms with E-state index in [4.69, 9.17) is 5.73 Å². The van der Waals surface area contributed by atoms with Crippen molar-refractivity contribution in [2.24, 2.45) is 11.1 Å². The molecule has 0 bridgehead atoms. The number of hydrogen-bond donors (Lipinski definition) is 2. The highest BCUT2D eigenvalue weighted by Gasteiger charge is 2.40. The highest BCUT2D eigenvalue weighted by atomic mass is 15.2. The van der Waals surface area contributed by atoms with E-state index in [0.29, 0.717) is 5.41 Å². The minimum absolute atomic E-state index is 0.323. The molecule has 1 fully saturated rings. The molecule has 1 aromatic heterocycles. The molecule has 88 valence electrons. The van der Waals surface area contributed by atoms with E-state index in [1.807, 2.05) is 25.1 Å². The van der Waals surface area contributed by atoms with Crippen molar-refractivity contribution >= 4 is 11.8 Å². The van der Waals surface area contributed by atoms with Gasteiger partial charge in [-0.15, -0.1) is 0 Å². The van der Waals surface area contributed by atoms with Gasteiger partial charge in [-0.3, -0.25) is 0 Å². The van der Waals surface area contributed by atoms with Crippen LogP contribution in [0.2, 0.25) is 0 Å². The van der Waals surface area contributed by atoms with Crippen molar-refractivity contribution in [3.63, 3.8) is 0 Å². The zero-order valence-corrected chi connectivity index (χ0v) is 9.90. The fourth-order valence-electron chi connectivity index (χ4n) is 1.57. The van der Waals surface area contributed by atoms with Crippen LogP contribution in [0.4, 0.5) is 11.8 Å². The molecule has 0 unspecified atom stereocenters. The Kier molecular flexibility index (Phi) is 2.96. The van der Waals surface area contributed by atoms with Crippen molar-refractivity contribution in [1.29, 1.82) is 0 Å². The third-order valence-corrected chi connectivity index (χ3v) is 3.08. The predicted molar refractivity (Wildman–Crippen MR) is 65.6 cm³/mol. The second kappa shape index (κ2) is 4.25. The second-order valence-electron chi connectivity index (χ2n) is 4.69. The van der Waals surface area contributed by atoms with Gasteiger partial charge in [0.25, 0.3) is 0 Å². The van der Waals surface area contributed by atoms with Crippen LogP contribution in [0.25, 0.3) is 0 Å². The molecular weight excluding hydrogens is 202 g/mol. The summed E-state index contributed by atoms with van der Waals surface area (Å²) in [7, 11) is 3.86. The summed E-state index contributed by atoms with van der Waals surface area (Å²) in [6.07, 6.45) is 4.22. The van der Waals surface area contributed by atoms with Crippen molar-refractivity contribution in [2.45, 2.75) is 12.8 Å². The van der Waals surface area contributed by atoms with Crippen LogP contribution >= 0.6 is 0 Å². The number of hydrogen-bond acceptors (Lipinski definition) is 5. The summed E-state index contributed by atoms with van der Waals surface area (Å²) in [5.74, 6) is 1.60. The van der Waals surface area contributed by atoms with E-state index in [1.54, 1.807) is 6.20 Å². The molecular formula is C11H19N5. The van der Waals surface area contributed by atoms with Crippen molar-refractivity contribution in [3.8, 4) is 0 Å². The summed E-state index contributed by atoms with van der Waals surface area (Å²) < 4.78 is 0. The van der Waals surface area contributed by atoms with Crippen LogP contribution in [0, 0.1) is 5.41 Å². The molecule has 1 aliphatic rings. The summed E-state index contributed by atoms with van der Waals surface area (Å²) in [6.45, 7) is 1.67. The normalized spacial score (nSPS) is 16.9. The first-order chi connectivity index (χ1) is 7.65. The zero-order chi connectivity index (χ0) is 11.6. The molecule has 2 rings (SSSR count). The van der Waals surface area contributed by atoms with Crippen LogP contribution in [0.3, 0.4) is 0 Å². The molecule has 16 heavy (non-hydrogen) atoms. The number of nitrogens with one attached hydrogen (secondary N) is 1. The van der Waals surface area contributed by atoms with Gasteiger partial charge in [0.1, 0.15) is 5.82 Å². The quantitative estimate of drug-likeness (QED) is 0.766. The monoisotopic (exact) mass is 221 g/mol. The van der Waals surface area contributed by atoms with E-state index < -0.39 is 0 Å². The summed E-state index contributed by atoms with van der Waals surface area (Å²) in [6, 6.07) is 1.89. The first-order valence-electron chi connectivity index (χ1n) is 5.60. The Morgan fingerprint density at radius 1 is 1.50 bits per heavy atom. The van der Waals surface area contributed by atoms with Gasteiger partial charge in [0.2, 0.25) is 5.95 Å². The molecule has 1 aromatic rings. The maximum Gasteiger partial charge on any atom is 0.226 e. The van der Waals surface area contributed by atoms with Gasteiger partial charge >= 0.3 is 0 Å². The van der Waals surface area contributed by atoms with Gasteiger partial charge in [-0.05, 0) is 30.9 Å². The van der Waals surface area contributed by atoms with E-state index in [1.165, 1.54) is 12.8 Å². The van der Waals surface area contributed by atoms with Gasteiger partial charge < -0.3 is 16.0 Å². The molecule has 0 aromatic carbocycles. The average Bonchev–Trinajstić information content (AvgIpc) is 3.07. The molecule has 3 N–H and O–H groups in total. The molecule has 0 aliphatic heterocycles. The Balaban J connectivity index is 1.96. The van der Waals surface area contributed by atoms with Gasteiger partial charge in [0, 0.05) is 26.8 Å². The maximum absolute atomic E-state index is 5.73. The van der Waals surface area contributed by atoms with Crippen LogP contribution in [0.15, 0.2) is 12.3 Å². The Bertz CT molecular complexity index is 359. The lowest BCUT2D eigenvalue weighted by molar-refractivity contribution is 0.555. The van der Waals surface area contributed by atoms with Crippen molar-refractivity contribution in [1.82, 2.24) is 9.97 Å². The van der Waals surface area contributed by atoms with Gasteiger partial charge in [0.15, 0.2) is 0 Å². The van der Waals surface area contributed by atoms with Crippen molar-refractivity contribution in [2.75, 3.05) is 37.4 Å². The number of nitrogens with zero attached hydrogens (tertiary/aromatic N) is 3. The van der Waals surface area contributed by atoms with Crippen LogP contribution in [0.5, 0.6) is 0 Å². The smallest absolute Gasteiger partial charge is 0.226 e. The molecule has 0 atom stereocenters. The van der Waals surface area contributed by atoms with Gasteiger partial charge in [-0.25, -0.2) is 4.98 Å². The van der Waals surface area contributed by atoms with Gasteiger partial charge in [-0.2, -0.15) is 4.98 Å². The summed E-state index contributed by atoms with van der Waals surface area (Å²) in [4.78, 5) is 10.5. The Morgan fingerprint density at radius 2 is 2.25 bits per heavy atom. The lowest BCUT2D eigenvalue weighted by Crippen LogP contribution is -2.24. The van der Waals surface area contributed by atoms with E-state index >= 15 is 0 Å². The summed E-state index contributed by atoms with van der Waals surface area (Å²) in [5, 5.41) is 3.34. The summed E-state index contributed by atoms with van der Waals surface area (Å²) in [5.41, 5.74) is 6.05. The molecule has 0 amide bonds.